The highest BCUT2D eigenvalue weighted by Crippen LogP contribution is 2.38. The number of nitrogens with one attached hydrogen (secondary N) is 1. The smallest absolute Gasteiger partial charge is 0.410 e. The van der Waals surface area contributed by atoms with Crippen molar-refractivity contribution in [3.63, 3.8) is 0 Å². The van der Waals surface area contributed by atoms with E-state index in [-0.39, 0.29) is 31.3 Å². The lowest BCUT2D eigenvalue weighted by molar-refractivity contribution is -0.0206. The molecule has 0 fully saturated rings. The third-order valence-corrected chi connectivity index (χ3v) is 4.31. The molecule has 1 aromatic rings. The molecule has 8 heteroatoms. The van der Waals surface area contributed by atoms with E-state index in [4.69, 9.17) is 9.84 Å². The van der Waals surface area contributed by atoms with Gasteiger partial charge in [0.2, 0.25) is 0 Å². The summed E-state index contributed by atoms with van der Waals surface area (Å²) in [5.41, 5.74) is 0.299. The zero-order valence-electron chi connectivity index (χ0n) is 15.7. The molecule has 0 saturated carbocycles. The van der Waals surface area contributed by atoms with E-state index in [0.29, 0.717) is 23.3 Å². The Balaban J connectivity index is 2.22. The number of rotatable bonds is 5. The number of hydrogen-bond acceptors (Lipinski definition) is 4. The standard InChI is InChI=1S/C18H27F2N3O3/c1-11(10-24)6-7-18(19,20)15-13-9-23(16(25)26-17(3,4)5)12(2)8-14(13)21-22-15/h12,24H,1,6-10H2,2-5H3,(H,21,22). The quantitative estimate of drug-likeness (QED) is 0.777. The first-order chi connectivity index (χ1) is 11.9. The van der Waals surface area contributed by atoms with Crippen LogP contribution >= 0.6 is 0 Å². The minimum atomic E-state index is -3.15. The topological polar surface area (TPSA) is 78.5 Å². The summed E-state index contributed by atoms with van der Waals surface area (Å²) in [4.78, 5) is 13.9. The number of carbonyl (C=O) groups excluding carboxylic acids is 1. The predicted octanol–water partition coefficient (Wildman–Crippen LogP) is 3.51. The highest BCUT2D eigenvalue weighted by atomic mass is 19.3. The Morgan fingerprint density at radius 3 is 2.69 bits per heavy atom. The molecule has 0 bridgehead atoms. The molecule has 146 valence electrons. The fourth-order valence-electron chi connectivity index (χ4n) is 2.86. The summed E-state index contributed by atoms with van der Waals surface area (Å²) in [6, 6.07) is -0.198. The van der Waals surface area contributed by atoms with Gasteiger partial charge in [0.25, 0.3) is 5.92 Å². The van der Waals surface area contributed by atoms with E-state index in [1.54, 1.807) is 20.8 Å². The largest absolute Gasteiger partial charge is 0.444 e. The average molecular weight is 371 g/mol. The van der Waals surface area contributed by atoms with Crippen LogP contribution in [0.15, 0.2) is 12.2 Å². The molecule has 2 heterocycles. The fourth-order valence-corrected chi connectivity index (χ4v) is 2.86. The zero-order valence-corrected chi connectivity index (χ0v) is 15.7. The lowest BCUT2D eigenvalue weighted by atomic mass is 9.96. The average Bonchev–Trinajstić information content (AvgIpc) is 2.93. The molecule has 2 N–H and O–H groups in total. The molecule has 2 rings (SSSR count). The maximum Gasteiger partial charge on any atom is 0.410 e. The van der Waals surface area contributed by atoms with E-state index in [2.05, 4.69) is 16.8 Å². The van der Waals surface area contributed by atoms with E-state index in [1.165, 1.54) is 4.90 Å². The molecule has 1 aliphatic rings. The Hall–Kier alpha value is -1.96. The molecule has 0 radical (unpaired) electrons. The second-order valence-electron chi connectivity index (χ2n) is 7.80. The van der Waals surface area contributed by atoms with Gasteiger partial charge in [0.1, 0.15) is 11.3 Å². The highest BCUT2D eigenvalue weighted by Gasteiger charge is 2.41. The van der Waals surface area contributed by atoms with Gasteiger partial charge in [-0.2, -0.15) is 13.9 Å². The maximum atomic E-state index is 14.6. The van der Waals surface area contributed by atoms with Crippen molar-refractivity contribution >= 4 is 6.09 Å². The van der Waals surface area contributed by atoms with Gasteiger partial charge in [0, 0.05) is 24.4 Å². The summed E-state index contributed by atoms with van der Waals surface area (Å²) in [7, 11) is 0. The van der Waals surface area contributed by atoms with Gasteiger partial charge >= 0.3 is 6.09 Å². The number of H-pyrrole nitrogens is 1. The molecule has 0 aromatic carbocycles. The van der Waals surface area contributed by atoms with Crippen LogP contribution in [-0.4, -0.2) is 44.5 Å². The predicted molar refractivity (Wildman–Crippen MR) is 92.9 cm³/mol. The number of amides is 1. The Morgan fingerprint density at radius 2 is 2.12 bits per heavy atom. The summed E-state index contributed by atoms with van der Waals surface area (Å²) in [5.74, 6) is -3.15. The maximum absolute atomic E-state index is 14.6. The number of alkyl halides is 2. The first kappa shape index (κ1) is 20.4. The normalized spacial score (nSPS) is 17.8. The van der Waals surface area contributed by atoms with Gasteiger partial charge in [-0.3, -0.25) is 5.10 Å². The van der Waals surface area contributed by atoms with Crippen molar-refractivity contribution in [3.8, 4) is 0 Å². The molecule has 1 aromatic heterocycles. The zero-order chi connectivity index (χ0) is 19.7. The Bertz CT molecular complexity index is 680. The number of ether oxygens (including phenoxy) is 1. The van der Waals surface area contributed by atoms with Gasteiger partial charge < -0.3 is 14.7 Å². The molecule has 0 spiro atoms. The monoisotopic (exact) mass is 371 g/mol. The van der Waals surface area contributed by atoms with Crippen LogP contribution in [0.1, 0.15) is 57.5 Å². The SMILES string of the molecule is C=C(CO)CCC(F)(F)c1[nH]nc2c1CN(C(=O)OC(C)(C)C)C(C)C2. The summed E-state index contributed by atoms with van der Waals surface area (Å²) < 4.78 is 34.7. The van der Waals surface area contributed by atoms with Crippen LogP contribution in [0.3, 0.4) is 0 Å². The second kappa shape index (κ2) is 7.34. The lowest BCUT2D eigenvalue weighted by Crippen LogP contribution is -2.45. The Kier molecular flexibility index (Phi) is 5.75. The van der Waals surface area contributed by atoms with E-state index >= 15 is 0 Å². The Morgan fingerprint density at radius 1 is 1.46 bits per heavy atom. The van der Waals surface area contributed by atoms with Crippen molar-refractivity contribution in [1.29, 1.82) is 0 Å². The van der Waals surface area contributed by atoms with Crippen LogP contribution in [0.4, 0.5) is 13.6 Å². The van der Waals surface area contributed by atoms with Crippen molar-refractivity contribution in [2.45, 2.75) is 71.1 Å². The fraction of sp³-hybridized carbons (Fsp3) is 0.667. The van der Waals surface area contributed by atoms with Crippen LogP contribution in [-0.2, 0) is 23.6 Å². The molecule has 1 unspecified atom stereocenters. The van der Waals surface area contributed by atoms with Gasteiger partial charge in [0.15, 0.2) is 0 Å². The first-order valence-electron chi connectivity index (χ1n) is 8.66. The van der Waals surface area contributed by atoms with Gasteiger partial charge in [0.05, 0.1) is 18.8 Å². The van der Waals surface area contributed by atoms with Crippen LogP contribution in [0.2, 0.25) is 0 Å². The molecule has 0 aliphatic carbocycles. The number of aromatic amines is 1. The molecular formula is C18H27F2N3O3. The van der Waals surface area contributed by atoms with Crippen molar-refractivity contribution < 1.29 is 23.4 Å². The van der Waals surface area contributed by atoms with Crippen LogP contribution < -0.4 is 0 Å². The summed E-state index contributed by atoms with van der Waals surface area (Å²) in [6.45, 7) is 10.4. The number of aromatic nitrogens is 2. The van der Waals surface area contributed by atoms with Crippen molar-refractivity contribution in [2.75, 3.05) is 6.61 Å². The van der Waals surface area contributed by atoms with Crippen LogP contribution in [0.5, 0.6) is 0 Å². The summed E-state index contributed by atoms with van der Waals surface area (Å²) >= 11 is 0. The minimum Gasteiger partial charge on any atom is -0.444 e. The van der Waals surface area contributed by atoms with E-state index in [0.717, 1.165) is 0 Å². The highest BCUT2D eigenvalue weighted by molar-refractivity contribution is 5.69. The van der Waals surface area contributed by atoms with Gasteiger partial charge in [-0.1, -0.05) is 12.2 Å². The van der Waals surface area contributed by atoms with E-state index < -0.39 is 24.0 Å². The lowest BCUT2D eigenvalue weighted by Gasteiger charge is -2.35. The summed E-state index contributed by atoms with van der Waals surface area (Å²) in [6.07, 6.45) is -0.628. The van der Waals surface area contributed by atoms with Gasteiger partial charge in [-0.05, 0) is 34.1 Å². The number of hydrogen-bond donors (Lipinski definition) is 2. The van der Waals surface area contributed by atoms with E-state index in [9.17, 15) is 13.6 Å². The first-order valence-corrected chi connectivity index (χ1v) is 8.66. The van der Waals surface area contributed by atoms with Crippen LogP contribution in [0.25, 0.3) is 0 Å². The van der Waals surface area contributed by atoms with Crippen LogP contribution in [0, 0.1) is 0 Å². The number of fused-ring (bicyclic) bond motifs is 1. The number of halogens is 2. The molecule has 26 heavy (non-hydrogen) atoms. The molecule has 1 aliphatic heterocycles. The van der Waals surface area contributed by atoms with Gasteiger partial charge in [-0.15, -0.1) is 0 Å². The molecule has 0 saturated heterocycles. The second-order valence-corrected chi connectivity index (χ2v) is 7.80. The molecule has 1 amide bonds. The molecule has 6 nitrogen and oxygen atoms in total. The number of nitrogens with zero attached hydrogens (tertiary/aromatic N) is 2. The number of carbonyl (C=O) groups is 1. The minimum absolute atomic E-state index is 0.00345. The van der Waals surface area contributed by atoms with Crippen molar-refractivity contribution in [3.05, 3.63) is 29.1 Å². The number of aliphatic hydroxyl groups excluding tert-OH is 1. The Labute approximate surface area is 152 Å². The molecule has 1 atom stereocenters. The third kappa shape index (κ3) is 4.60. The van der Waals surface area contributed by atoms with E-state index in [1.807, 2.05) is 6.92 Å². The summed E-state index contributed by atoms with van der Waals surface area (Å²) in [5, 5.41) is 15.4. The molecular weight excluding hydrogens is 344 g/mol. The van der Waals surface area contributed by atoms with Crippen molar-refractivity contribution in [2.24, 2.45) is 0 Å². The van der Waals surface area contributed by atoms with Crippen molar-refractivity contribution in [1.82, 2.24) is 15.1 Å². The van der Waals surface area contributed by atoms with Gasteiger partial charge in [-0.25, -0.2) is 4.79 Å². The third-order valence-electron chi connectivity index (χ3n) is 4.31. The number of aliphatic hydroxyl groups is 1.